The molecule has 0 aliphatic heterocycles. The molecule has 0 fully saturated rings. The molecule has 0 atom stereocenters. The molecule has 1 aromatic heterocycles. The number of hydrogen-bond acceptors (Lipinski definition) is 6. The van der Waals surface area contributed by atoms with Crippen LogP contribution in [-0.4, -0.2) is 18.0 Å². The minimum Gasteiger partial charge on any atom is -0.497 e. The average Bonchev–Trinajstić information content (AvgIpc) is 2.87. The number of aryl methyl sites for hydroxylation is 1. The number of carbonyl (C=O) groups is 1. The van der Waals surface area contributed by atoms with E-state index in [1.54, 1.807) is 49.7 Å². The molecule has 0 aliphatic carbocycles. The van der Waals surface area contributed by atoms with Crippen LogP contribution in [0, 0.1) is 18.3 Å². The fourth-order valence-corrected chi connectivity index (χ4v) is 3.32. The Morgan fingerprint density at radius 2 is 1.71 bits per heavy atom. The minimum atomic E-state index is -0.245. The number of methoxy groups -OCH3 is 1. The first-order valence-electron chi connectivity index (χ1n) is 10.5. The van der Waals surface area contributed by atoms with Gasteiger partial charge < -0.3 is 20.1 Å². The number of hydrogen-bond donors (Lipinski definition) is 2. The van der Waals surface area contributed by atoms with E-state index in [9.17, 15) is 10.1 Å². The lowest BCUT2D eigenvalue weighted by Crippen LogP contribution is -2.14. The van der Waals surface area contributed by atoms with E-state index in [-0.39, 0.29) is 11.8 Å². The van der Waals surface area contributed by atoms with E-state index < -0.39 is 0 Å². The monoisotopic (exact) mass is 450 g/mol. The largest absolute Gasteiger partial charge is 0.497 e. The number of nitrogens with one attached hydrogen (secondary N) is 2. The number of para-hydroxylation sites is 1. The fourth-order valence-electron chi connectivity index (χ4n) is 3.32. The molecule has 7 nitrogen and oxygen atoms in total. The van der Waals surface area contributed by atoms with Gasteiger partial charge in [0.1, 0.15) is 23.1 Å². The highest BCUT2D eigenvalue weighted by molar-refractivity contribution is 6.08. The maximum Gasteiger partial charge on any atom is 0.257 e. The summed E-state index contributed by atoms with van der Waals surface area (Å²) in [7, 11) is 1.62. The third-order valence-electron chi connectivity index (χ3n) is 5.09. The number of benzene rings is 3. The molecule has 0 bridgehead atoms. The molecular weight excluding hydrogens is 428 g/mol. The van der Waals surface area contributed by atoms with Crippen LogP contribution >= 0.6 is 0 Å². The summed E-state index contributed by atoms with van der Waals surface area (Å²) in [4.78, 5) is 17.2. The fraction of sp³-hybridized carbons (Fsp3) is 0.0741. The molecule has 0 aliphatic rings. The van der Waals surface area contributed by atoms with Crippen molar-refractivity contribution in [3.05, 3.63) is 102 Å². The van der Waals surface area contributed by atoms with Crippen molar-refractivity contribution in [1.29, 1.82) is 5.26 Å². The van der Waals surface area contributed by atoms with E-state index in [4.69, 9.17) is 9.47 Å². The summed E-state index contributed by atoms with van der Waals surface area (Å²) in [5.41, 5.74) is 3.83. The number of nitrogens with zero attached hydrogens (tertiary/aromatic N) is 2. The van der Waals surface area contributed by atoms with Crippen molar-refractivity contribution in [2.45, 2.75) is 6.92 Å². The maximum absolute atomic E-state index is 13.1. The summed E-state index contributed by atoms with van der Waals surface area (Å²) >= 11 is 0. The number of ether oxygens (including phenoxy) is 2. The van der Waals surface area contributed by atoms with E-state index in [1.165, 1.54) is 0 Å². The third-order valence-corrected chi connectivity index (χ3v) is 5.09. The van der Waals surface area contributed by atoms with Crippen LogP contribution in [0.25, 0.3) is 0 Å². The molecule has 0 unspecified atom stereocenters. The van der Waals surface area contributed by atoms with Crippen molar-refractivity contribution in [2.75, 3.05) is 17.7 Å². The van der Waals surface area contributed by atoms with Crippen LogP contribution in [-0.2, 0) is 0 Å². The first kappa shape index (κ1) is 22.4. The molecule has 0 radical (unpaired) electrons. The van der Waals surface area contributed by atoms with Gasteiger partial charge in [0, 0.05) is 17.6 Å². The Kier molecular flexibility index (Phi) is 6.70. The van der Waals surface area contributed by atoms with Crippen LogP contribution < -0.4 is 20.1 Å². The van der Waals surface area contributed by atoms with Gasteiger partial charge in [-0.2, -0.15) is 5.26 Å². The van der Waals surface area contributed by atoms with Crippen LogP contribution in [0.3, 0.4) is 0 Å². The third kappa shape index (κ3) is 5.14. The van der Waals surface area contributed by atoms with Crippen LogP contribution in [0.1, 0.15) is 21.5 Å². The molecule has 0 saturated carbocycles. The highest BCUT2D eigenvalue weighted by atomic mass is 16.5. The van der Waals surface area contributed by atoms with Crippen molar-refractivity contribution in [1.82, 2.24) is 4.98 Å². The number of nitriles is 1. The number of pyridine rings is 1. The Bertz CT molecular complexity index is 1360. The van der Waals surface area contributed by atoms with Gasteiger partial charge in [0.2, 0.25) is 5.88 Å². The van der Waals surface area contributed by atoms with Gasteiger partial charge in [0.25, 0.3) is 5.91 Å². The lowest BCUT2D eigenvalue weighted by molar-refractivity contribution is 0.102. The van der Waals surface area contributed by atoms with Gasteiger partial charge in [-0.05, 0) is 79.2 Å². The molecular formula is C27H22N4O3. The standard InChI is InChI=1S/C27H22N4O3/c1-18-16-22(34-27-19(17-28)6-5-15-29-27)13-14-24(18)31-26(32)23-7-3-4-8-25(23)30-20-9-11-21(33-2)12-10-20/h3-16,30H,1-2H3,(H,31,32). The van der Waals surface area contributed by atoms with E-state index in [0.29, 0.717) is 28.3 Å². The van der Waals surface area contributed by atoms with E-state index in [0.717, 1.165) is 17.0 Å². The highest BCUT2D eigenvalue weighted by Crippen LogP contribution is 2.28. The second kappa shape index (κ2) is 10.2. The van der Waals surface area contributed by atoms with Crippen LogP contribution in [0.4, 0.5) is 17.1 Å². The quantitative estimate of drug-likeness (QED) is 0.355. The first-order chi connectivity index (χ1) is 16.6. The maximum atomic E-state index is 13.1. The number of carbonyl (C=O) groups excluding carboxylic acids is 1. The molecule has 3 aromatic carbocycles. The predicted molar refractivity (Wildman–Crippen MR) is 131 cm³/mol. The zero-order valence-corrected chi connectivity index (χ0v) is 18.7. The van der Waals surface area contributed by atoms with Crippen LogP contribution in [0.15, 0.2) is 85.1 Å². The van der Waals surface area contributed by atoms with Crippen molar-refractivity contribution < 1.29 is 14.3 Å². The molecule has 4 aromatic rings. The number of aromatic nitrogens is 1. The molecule has 34 heavy (non-hydrogen) atoms. The predicted octanol–water partition coefficient (Wildman–Crippen LogP) is 6.06. The summed E-state index contributed by atoms with van der Waals surface area (Å²) in [6, 6.07) is 25.4. The zero-order valence-electron chi connectivity index (χ0n) is 18.7. The summed E-state index contributed by atoms with van der Waals surface area (Å²) in [5.74, 6) is 1.27. The van der Waals surface area contributed by atoms with Gasteiger partial charge in [-0.15, -0.1) is 0 Å². The molecule has 4 rings (SSSR count). The van der Waals surface area contributed by atoms with Gasteiger partial charge in [-0.3, -0.25) is 4.79 Å². The minimum absolute atomic E-state index is 0.236. The van der Waals surface area contributed by atoms with Crippen molar-refractivity contribution in [3.8, 4) is 23.4 Å². The number of amides is 1. The lowest BCUT2D eigenvalue weighted by atomic mass is 10.1. The van der Waals surface area contributed by atoms with Crippen LogP contribution in [0.2, 0.25) is 0 Å². The molecule has 1 amide bonds. The summed E-state index contributed by atoms with van der Waals surface area (Å²) in [5, 5.41) is 15.5. The Morgan fingerprint density at radius 3 is 2.44 bits per heavy atom. The molecule has 7 heteroatoms. The zero-order chi connectivity index (χ0) is 23.9. The van der Waals surface area contributed by atoms with Crippen molar-refractivity contribution in [2.24, 2.45) is 0 Å². The summed E-state index contributed by atoms with van der Waals surface area (Å²) < 4.78 is 11.0. The first-order valence-corrected chi connectivity index (χ1v) is 10.5. The summed E-state index contributed by atoms with van der Waals surface area (Å²) in [6.07, 6.45) is 1.56. The number of rotatable bonds is 7. The second-order valence-electron chi connectivity index (χ2n) is 7.40. The van der Waals surface area contributed by atoms with Gasteiger partial charge in [-0.25, -0.2) is 4.98 Å². The molecule has 168 valence electrons. The van der Waals surface area contributed by atoms with Crippen molar-refractivity contribution in [3.63, 3.8) is 0 Å². The van der Waals surface area contributed by atoms with Gasteiger partial charge in [0.05, 0.1) is 18.4 Å². The van der Waals surface area contributed by atoms with E-state index in [1.807, 2.05) is 49.4 Å². The SMILES string of the molecule is COc1ccc(Nc2ccccc2C(=O)Nc2ccc(Oc3ncccc3C#N)cc2C)cc1. The lowest BCUT2D eigenvalue weighted by Gasteiger charge is -2.14. The van der Waals surface area contributed by atoms with Gasteiger partial charge in [-0.1, -0.05) is 12.1 Å². The Hall–Kier alpha value is -4.83. The normalized spacial score (nSPS) is 10.1. The second-order valence-corrected chi connectivity index (χ2v) is 7.40. The Labute approximate surface area is 197 Å². The molecule has 1 heterocycles. The van der Waals surface area contributed by atoms with Gasteiger partial charge >= 0.3 is 0 Å². The van der Waals surface area contributed by atoms with E-state index in [2.05, 4.69) is 21.7 Å². The molecule has 0 spiro atoms. The number of anilines is 3. The smallest absolute Gasteiger partial charge is 0.257 e. The van der Waals surface area contributed by atoms with Gasteiger partial charge in [0.15, 0.2) is 0 Å². The topological polar surface area (TPSA) is 96.3 Å². The molecule has 2 N–H and O–H groups in total. The summed E-state index contributed by atoms with van der Waals surface area (Å²) in [6.45, 7) is 1.87. The Balaban J connectivity index is 1.50. The average molecular weight is 450 g/mol. The molecule has 0 saturated heterocycles. The van der Waals surface area contributed by atoms with E-state index >= 15 is 0 Å². The van der Waals surface area contributed by atoms with Crippen molar-refractivity contribution >= 4 is 23.0 Å². The highest BCUT2D eigenvalue weighted by Gasteiger charge is 2.14. The Morgan fingerprint density at radius 1 is 0.941 bits per heavy atom. The van der Waals surface area contributed by atoms with Crippen LogP contribution in [0.5, 0.6) is 17.4 Å².